The van der Waals surface area contributed by atoms with E-state index >= 15 is 0 Å². The number of aryl methyl sites for hydroxylation is 1. The first-order valence-corrected chi connectivity index (χ1v) is 9.23. The minimum atomic E-state index is -0.369. The molecule has 5 rings (SSSR count). The molecule has 0 radical (unpaired) electrons. The van der Waals surface area contributed by atoms with Crippen LogP contribution in [-0.4, -0.2) is 21.2 Å². The van der Waals surface area contributed by atoms with E-state index in [-0.39, 0.29) is 10.6 Å². The Morgan fingerprint density at radius 1 is 1.11 bits per heavy atom. The molecule has 1 aliphatic heterocycles. The molecule has 1 N–H and O–H groups in total. The highest BCUT2D eigenvalue weighted by Crippen LogP contribution is 2.38. The zero-order chi connectivity index (χ0) is 19.3. The van der Waals surface area contributed by atoms with Crippen LogP contribution in [0.3, 0.4) is 0 Å². The second-order valence-electron chi connectivity index (χ2n) is 7.02. The first kappa shape index (κ1) is 16.5. The number of aromatic nitrogens is 2. The quantitative estimate of drug-likeness (QED) is 0.412. The van der Waals surface area contributed by atoms with Crippen molar-refractivity contribution in [3.05, 3.63) is 81.9 Å². The third kappa shape index (κ3) is 2.45. The molecular weight excluding hydrogens is 352 g/mol. The highest BCUT2D eigenvalue weighted by molar-refractivity contribution is 5.97. The van der Waals surface area contributed by atoms with Crippen molar-refractivity contribution in [1.82, 2.24) is 9.78 Å². The van der Waals surface area contributed by atoms with Gasteiger partial charge in [-0.15, -0.1) is 0 Å². The Morgan fingerprint density at radius 3 is 2.79 bits per heavy atom. The average molecular weight is 370 g/mol. The predicted molar refractivity (Wildman–Crippen MR) is 110 cm³/mol. The Kier molecular flexibility index (Phi) is 3.65. The van der Waals surface area contributed by atoms with Crippen LogP contribution >= 0.6 is 0 Å². The Hall–Kier alpha value is -3.67. The first-order valence-electron chi connectivity index (χ1n) is 9.23. The Morgan fingerprint density at radius 2 is 1.93 bits per heavy atom. The maximum Gasteiger partial charge on any atom is 0.271 e. The first-order chi connectivity index (χ1) is 13.6. The molecule has 6 nitrogen and oxygen atoms in total. The average Bonchev–Trinajstić information content (AvgIpc) is 3.31. The maximum atomic E-state index is 11.3. The van der Waals surface area contributed by atoms with Crippen molar-refractivity contribution in [3.63, 3.8) is 0 Å². The summed E-state index contributed by atoms with van der Waals surface area (Å²) in [7, 11) is 0. The number of benzene rings is 3. The number of rotatable bonds is 3. The van der Waals surface area contributed by atoms with E-state index in [1.54, 1.807) is 12.1 Å². The van der Waals surface area contributed by atoms with Gasteiger partial charge in [-0.2, -0.15) is 5.10 Å². The van der Waals surface area contributed by atoms with Crippen LogP contribution in [0.4, 0.5) is 11.5 Å². The van der Waals surface area contributed by atoms with E-state index in [2.05, 4.69) is 29.6 Å². The number of hydrogen-bond donors (Lipinski definition) is 1. The number of fused-ring (bicyclic) bond motifs is 2. The van der Waals surface area contributed by atoms with Crippen molar-refractivity contribution in [3.8, 4) is 16.9 Å². The molecule has 138 valence electrons. The molecule has 0 spiro atoms. The van der Waals surface area contributed by atoms with E-state index < -0.39 is 0 Å². The molecule has 1 aliphatic rings. The van der Waals surface area contributed by atoms with Crippen LogP contribution < -0.4 is 5.32 Å². The van der Waals surface area contributed by atoms with Crippen molar-refractivity contribution in [1.29, 1.82) is 0 Å². The highest BCUT2D eigenvalue weighted by atomic mass is 16.6. The van der Waals surface area contributed by atoms with Gasteiger partial charge in [0.2, 0.25) is 0 Å². The second-order valence-corrected chi connectivity index (χ2v) is 7.02. The van der Waals surface area contributed by atoms with Crippen LogP contribution in [0.5, 0.6) is 0 Å². The molecule has 0 fully saturated rings. The number of nitro benzene ring substituents is 1. The lowest BCUT2D eigenvalue weighted by molar-refractivity contribution is -0.384. The molecule has 4 aromatic rings. The monoisotopic (exact) mass is 370 g/mol. The minimum absolute atomic E-state index is 0.0644. The molecule has 0 unspecified atom stereocenters. The van der Waals surface area contributed by atoms with Crippen molar-refractivity contribution >= 4 is 22.3 Å². The Labute approximate surface area is 161 Å². The third-order valence-electron chi connectivity index (χ3n) is 5.33. The summed E-state index contributed by atoms with van der Waals surface area (Å²) in [6.07, 6.45) is 0.877. The molecule has 0 amide bonds. The SMILES string of the molecule is Cc1ccc([N+](=O)[O-])cc1-n1nc(-c2cccc3ccccc23)c2c1NCC2. The molecule has 2 heterocycles. The summed E-state index contributed by atoms with van der Waals surface area (Å²) in [4.78, 5) is 10.9. The standard InChI is InChI=1S/C22H18N4O2/c1-14-9-10-16(26(27)28)13-20(14)25-22-19(11-12-23-22)21(24-25)18-8-4-6-15-5-2-3-7-17(15)18/h2-10,13,23H,11-12H2,1H3. The summed E-state index contributed by atoms with van der Waals surface area (Å²) >= 11 is 0. The van der Waals surface area contributed by atoms with Crippen molar-refractivity contribution in [2.75, 3.05) is 11.9 Å². The molecule has 0 bridgehead atoms. The van der Waals surface area contributed by atoms with E-state index in [9.17, 15) is 10.1 Å². The second kappa shape index (κ2) is 6.20. The number of hydrogen-bond acceptors (Lipinski definition) is 4. The van der Waals surface area contributed by atoms with Gasteiger partial charge in [0.05, 0.1) is 16.3 Å². The summed E-state index contributed by atoms with van der Waals surface area (Å²) in [5.41, 5.74) is 4.90. The number of anilines is 1. The summed E-state index contributed by atoms with van der Waals surface area (Å²) < 4.78 is 1.82. The van der Waals surface area contributed by atoms with Crippen LogP contribution in [0.1, 0.15) is 11.1 Å². The van der Waals surface area contributed by atoms with Crippen LogP contribution in [0.2, 0.25) is 0 Å². The van der Waals surface area contributed by atoms with Crippen LogP contribution in [0.15, 0.2) is 60.7 Å². The van der Waals surface area contributed by atoms with E-state index in [1.807, 2.05) is 29.8 Å². The molecule has 28 heavy (non-hydrogen) atoms. The fourth-order valence-corrected chi connectivity index (χ4v) is 3.94. The van der Waals surface area contributed by atoms with Crippen LogP contribution in [0, 0.1) is 17.0 Å². The van der Waals surface area contributed by atoms with Gasteiger partial charge in [-0.05, 0) is 29.7 Å². The zero-order valence-corrected chi connectivity index (χ0v) is 15.3. The van der Waals surface area contributed by atoms with Gasteiger partial charge in [0, 0.05) is 29.8 Å². The Balaban J connectivity index is 1.76. The molecule has 6 heteroatoms. The smallest absolute Gasteiger partial charge is 0.271 e. The van der Waals surface area contributed by atoms with E-state index in [1.165, 1.54) is 11.5 Å². The lowest BCUT2D eigenvalue weighted by Gasteiger charge is -2.09. The fraction of sp³-hybridized carbons (Fsp3) is 0.136. The van der Waals surface area contributed by atoms with E-state index in [0.717, 1.165) is 52.2 Å². The van der Waals surface area contributed by atoms with Gasteiger partial charge in [0.1, 0.15) is 5.82 Å². The molecule has 0 saturated heterocycles. The zero-order valence-electron chi connectivity index (χ0n) is 15.3. The van der Waals surface area contributed by atoms with Gasteiger partial charge in [-0.25, -0.2) is 4.68 Å². The van der Waals surface area contributed by atoms with Crippen molar-refractivity contribution < 1.29 is 4.92 Å². The fourth-order valence-electron chi connectivity index (χ4n) is 3.94. The molecule has 3 aromatic carbocycles. The van der Waals surface area contributed by atoms with Gasteiger partial charge in [-0.1, -0.05) is 48.5 Å². The van der Waals surface area contributed by atoms with E-state index in [0.29, 0.717) is 0 Å². The molecular formula is C22H18N4O2. The van der Waals surface area contributed by atoms with Gasteiger partial charge in [-0.3, -0.25) is 10.1 Å². The van der Waals surface area contributed by atoms with Gasteiger partial charge in [0.25, 0.3) is 5.69 Å². The minimum Gasteiger partial charge on any atom is -0.369 e. The maximum absolute atomic E-state index is 11.3. The molecule has 0 atom stereocenters. The van der Waals surface area contributed by atoms with Crippen molar-refractivity contribution in [2.45, 2.75) is 13.3 Å². The summed E-state index contributed by atoms with van der Waals surface area (Å²) in [6, 6.07) is 19.4. The number of nitro groups is 1. The van der Waals surface area contributed by atoms with Crippen LogP contribution in [0.25, 0.3) is 27.7 Å². The normalized spacial score (nSPS) is 12.8. The predicted octanol–water partition coefficient (Wildman–Crippen LogP) is 4.88. The molecule has 0 aliphatic carbocycles. The summed E-state index contributed by atoms with van der Waals surface area (Å²) in [6.45, 7) is 2.78. The third-order valence-corrected chi connectivity index (χ3v) is 5.33. The lowest BCUT2D eigenvalue weighted by Crippen LogP contribution is -2.06. The molecule has 0 saturated carbocycles. The lowest BCUT2D eigenvalue weighted by atomic mass is 9.99. The van der Waals surface area contributed by atoms with Crippen molar-refractivity contribution in [2.24, 2.45) is 0 Å². The number of nitrogens with zero attached hydrogens (tertiary/aromatic N) is 3. The van der Waals surface area contributed by atoms with E-state index in [4.69, 9.17) is 5.10 Å². The highest BCUT2D eigenvalue weighted by Gasteiger charge is 2.26. The van der Waals surface area contributed by atoms with Gasteiger partial charge < -0.3 is 5.32 Å². The molecule has 1 aromatic heterocycles. The van der Waals surface area contributed by atoms with Crippen LogP contribution in [-0.2, 0) is 6.42 Å². The topological polar surface area (TPSA) is 73.0 Å². The largest absolute Gasteiger partial charge is 0.369 e. The number of nitrogens with one attached hydrogen (secondary N) is 1. The summed E-state index contributed by atoms with van der Waals surface area (Å²) in [5, 5.41) is 21.9. The summed E-state index contributed by atoms with van der Waals surface area (Å²) in [5.74, 6) is 0.923. The van der Waals surface area contributed by atoms with Gasteiger partial charge >= 0.3 is 0 Å². The van der Waals surface area contributed by atoms with Gasteiger partial charge in [0.15, 0.2) is 0 Å². The Bertz CT molecular complexity index is 1240. The number of non-ortho nitro benzene ring substituents is 1.